The van der Waals surface area contributed by atoms with Crippen molar-refractivity contribution in [1.29, 1.82) is 0 Å². The molecule has 2 aromatic rings. The van der Waals surface area contributed by atoms with Gasteiger partial charge in [-0.3, -0.25) is 27.7 Å². The molecule has 0 radical (unpaired) electrons. The summed E-state index contributed by atoms with van der Waals surface area (Å²) < 4.78 is 61.7. The predicted molar refractivity (Wildman–Crippen MR) is 163 cm³/mol. The quantitative estimate of drug-likeness (QED) is 0.0609. The van der Waals surface area contributed by atoms with Crippen LogP contribution in [0.25, 0.3) is 11.2 Å². The van der Waals surface area contributed by atoms with Gasteiger partial charge in [-0.25, -0.2) is 28.6 Å². The summed E-state index contributed by atoms with van der Waals surface area (Å²) in [6.45, 7) is 0.501. The number of phosphoric acid groups is 3. The molecule has 2 unspecified atom stereocenters. The minimum absolute atomic E-state index is 0.0356. The first-order valence-electron chi connectivity index (χ1n) is 13.5. The molecule has 48 heavy (non-hydrogen) atoms. The van der Waals surface area contributed by atoms with E-state index in [0.29, 0.717) is 0 Å². The second-order valence-corrected chi connectivity index (χ2v) is 15.3. The number of aromatic nitrogens is 4. The van der Waals surface area contributed by atoms with Crippen molar-refractivity contribution in [1.82, 2.24) is 30.2 Å². The van der Waals surface area contributed by atoms with Crippen molar-refractivity contribution in [3.8, 4) is 0 Å². The van der Waals surface area contributed by atoms with Gasteiger partial charge in [0, 0.05) is 24.9 Å². The van der Waals surface area contributed by atoms with Gasteiger partial charge in [-0.15, -0.1) is 0 Å². The third-order valence-electron chi connectivity index (χ3n) is 6.46. The van der Waals surface area contributed by atoms with Crippen LogP contribution in [-0.4, -0.2) is 117 Å². The van der Waals surface area contributed by atoms with Crippen molar-refractivity contribution >= 4 is 69.8 Å². The largest absolute Gasteiger partial charge is 0.481 e. The van der Waals surface area contributed by atoms with Gasteiger partial charge in [-0.1, -0.05) is 26.1 Å². The Morgan fingerprint density at radius 1 is 1.15 bits per heavy atom. The summed E-state index contributed by atoms with van der Waals surface area (Å²) in [6.07, 6.45) is -6.80. The minimum Gasteiger partial charge on any atom is -0.386 e. The summed E-state index contributed by atoms with van der Waals surface area (Å²) in [5.41, 5.74) is 4.29. The number of nitrogens with one attached hydrogen (secondary N) is 2. The number of rotatable bonds is 18. The number of nitrogens with zero attached hydrogens (tertiary/aromatic N) is 4. The van der Waals surface area contributed by atoms with E-state index in [1.54, 1.807) is 0 Å². The molecule has 0 bridgehead atoms. The number of aliphatic hydroxyl groups excluding tert-OH is 2. The fourth-order valence-electron chi connectivity index (χ4n) is 4.10. The van der Waals surface area contributed by atoms with E-state index in [9.17, 15) is 53.1 Å². The van der Waals surface area contributed by atoms with Crippen molar-refractivity contribution in [3.63, 3.8) is 0 Å². The number of thiocarbonyl (C=S) groups is 1. The lowest BCUT2D eigenvalue weighted by Crippen LogP contribution is -2.46. The van der Waals surface area contributed by atoms with Gasteiger partial charge >= 0.3 is 23.5 Å². The molecule has 1 saturated heterocycles. The number of carbonyl (C=O) groups excluding carboxylic acids is 2. The van der Waals surface area contributed by atoms with Crippen LogP contribution in [0.2, 0.25) is 0 Å². The van der Waals surface area contributed by atoms with Gasteiger partial charge in [-0.05, 0) is 5.37 Å². The number of nitrogen functional groups attached to an aromatic ring is 1. The Hall–Kier alpha value is -2.37. The molecule has 0 aliphatic carbocycles. The van der Waals surface area contributed by atoms with Crippen LogP contribution in [0.15, 0.2) is 12.7 Å². The van der Waals surface area contributed by atoms with E-state index < -0.39 is 84.6 Å². The lowest BCUT2D eigenvalue weighted by molar-refractivity contribution is -0.137. The fourth-order valence-corrected chi connectivity index (χ4v) is 7.01. The van der Waals surface area contributed by atoms with E-state index in [4.69, 9.17) is 19.5 Å². The Morgan fingerprint density at radius 2 is 1.81 bits per heavy atom. The van der Waals surface area contributed by atoms with Gasteiger partial charge in [0.25, 0.3) is 0 Å². The van der Waals surface area contributed by atoms with Crippen LogP contribution in [0.5, 0.6) is 0 Å². The summed E-state index contributed by atoms with van der Waals surface area (Å²) in [6, 6.07) is 0. The molecular formula is C21H34N7O16P3S. The summed E-state index contributed by atoms with van der Waals surface area (Å²) >= 11 is 4.58. The van der Waals surface area contributed by atoms with Crippen LogP contribution in [0, 0.1) is 5.41 Å². The highest BCUT2D eigenvalue weighted by Crippen LogP contribution is 2.61. The van der Waals surface area contributed by atoms with Crippen molar-refractivity contribution in [2.24, 2.45) is 5.41 Å². The average molecular weight is 766 g/mol. The van der Waals surface area contributed by atoms with E-state index in [1.165, 1.54) is 19.2 Å². The van der Waals surface area contributed by atoms with Gasteiger partial charge in [0.05, 0.1) is 19.5 Å². The second-order valence-electron chi connectivity index (χ2n) is 10.7. The van der Waals surface area contributed by atoms with Crippen LogP contribution in [-0.2, 0) is 45.9 Å². The van der Waals surface area contributed by atoms with Crippen molar-refractivity contribution in [2.75, 3.05) is 32.0 Å². The van der Waals surface area contributed by atoms with Gasteiger partial charge in [0.2, 0.25) is 11.8 Å². The standard InChI is InChI=1S/C21H34N7O16P3S/c1-21(2,16(31)19(32)24-4-3-12(29)23-5-6-48)8-41-47(38,39)44-46(36,37)40-7-11-15(43-45(33,34)35)14(30)20(42-11)28-10-27-13-17(22)25-9-26-18(13)28/h6,9-11,14-16,20,30-31H,3-5,7-8H2,1-2H3,(H,23,29)(H,24,32)(H,36,37)(H,38,39)(H2,22,25,26)(H2,33,34,35)/t11-,14-,15-,16+,20-/m1/s1. The van der Waals surface area contributed by atoms with Crippen LogP contribution in [0.1, 0.15) is 26.5 Å². The van der Waals surface area contributed by atoms with Crippen LogP contribution >= 0.6 is 35.7 Å². The number of aliphatic hydroxyl groups is 2. The number of carbonyl (C=O) groups is 2. The molecule has 27 heteroatoms. The maximum atomic E-state index is 12.6. The van der Waals surface area contributed by atoms with E-state index in [1.807, 2.05) is 0 Å². The number of fused-ring (bicyclic) bond motifs is 1. The lowest BCUT2D eigenvalue weighted by atomic mass is 9.87. The smallest absolute Gasteiger partial charge is 0.386 e. The minimum atomic E-state index is -5.54. The van der Waals surface area contributed by atoms with E-state index in [2.05, 4.69) is 46.6 Å². The molecule has 2 amide bonds. The van der Waals surface area contributed by atoms with Crippen LogP contribution in [0.3, 0.4) is 0 Å². The van der Waals surface area contributed by atoms with E-state index in [-0.39, 0.29) is 36.5 Å². The number of hydrogen-bond donors (Lipinski definition) is 9. The highest BCUT2D eigenvalue weighted by molar-refractivity contribution is 7.79. The zero-order chi connectivity index (χ0) is 36.1. The molecule has 3 rings (SSSR count). The molecule has 0 saturated carbocycles. The number of imidazole rings is 1. The van der Waals surface area contributed by atoms with E-state index in [0.717, 1.165) is 17.2 Å². The number of phosphoric ester groups is 3. The summed E-state index contributed by atoms with van der Waals surface area (Å²) in [7, 11) is -16.3. The first-order valence-corrected chi connectivity index (χ1v) is 18.5. The summed E-state index contributed by atoms with van der Waals surface area (Å²) in [5.74, 6) is -1.42. The van der Waals surface area contributed by atoms with Gasteiger partial charge in [0.15, 0.2) is 17.7 Å². The summed E-state index contributed by atoms with van der Waals surface area (Å²) in [4.78, 5) is 74.6. The fraction of sp³-hybridized carbons (Fsp3) is 0.619. The normalized spacial score (nSPS) is 23.2. The third-order valence-corrected chi connectivity index (χ3v) is 9.73. The maximum absolute atomic E-state index is 12.6. The molecule has 1 aliphatic heterocycles. The van der Waals surface area contributed by atoms with Crippen molar-refractivity contribution in [2.45, 2.75) is 50.9 Å². The predicted octanol–water partition coefficient (Wildman–Crippen LogP) is -1.60. The molecule has 2 aromatic heterocycles. The van der Waals surface area contributed by atoms with Crippen molar-refractivity contribution in [3.05, 3.63) is 12.7 Å². The second kappa shape index (κ2) is 16.1. The van der Waals surface area contributed by atoms with Gasteiger partial charge in [-0.2, -0.15) is 4.31 Å². The number of anilines is 1. The number of ether oxygens (including phenoxy) is 1. The van der Waals surface area contributed by atoms with Gasteiger partial charge < -0.3 is 50.9 Å². The molecule has 3 heterocycles. The SMILES string of the molecule is CC(C)(COP(=O)(O)OP(=O)(O)OC[C@H]1O[C@@H](n2cnc3c(N)ncnc32)[C@H](O)[C@@H]1OP(=O)(O)O)[C@@H](O)C(=O)NCCC(=O)NCC=S. The van der Waals surface area contributed by atoms with Crippen LogP contribution < -0.4 is 16.4 Å². The molecule has 23 nitrogen and oxygen atoms in total. The maximum Gasteiger partial charge on any atom is 0.481 e. The molecule has 7 atom stereocenters. The Morgan fingerprint density at radius 3 is 2.46 bits per heavy atom. The van der Waals surface area contributed by atoms with Crippen molar-refractivity contribution < 1.29 is 75.7 Å². The number of hydrogen-bond acceptors (Lipinski definition) is 17. The number of nitrogens with two attached hydrogens (primary N) is 1. The molecule has 0 aromatic carbocycles. The third kappa shape index (κ3) is 11.1. The Labute approximate surface area is 276 Å². The molecule has 270 valence electrons. The Balaban J connectivity index is 1.61. The van der Waals surface area contributed by atoms with E-state index >= 15 is 0 Å². The zero-order valence-electron chi connectivity index (χ0n) is 25.0. The topological polar surface area (TPSA) is 347 Å². The summed E-state index contributed by atoms with van der Waals surface area (Å²) in [5, 5.41) is 27.3. The zero-order valence-corrected chi connectivity index (χ0v) is 28.5. The Kier molecular flexibility index (Phi) is 13.4. The first kappa shape index (κ1) is 40.1. The monoisotopic (exact) mass is 765 g/mol. The highest BCUT2D eigenvalue weighted by atomic mass is 32.1. The molecule has 0 spiro atoms. The lowest BCUT2D eigenvalue weighted by Gasteiger charge is -2.30. The average Bonchev–Trinajstić information content (AvgIpc) is 3.54. The van der Waals surface area contributed by atoms with Crippen LogP contribution in [0.4, 0.5) is 5.82 Å². The molecular weight excluding hydrogens is 731 g/mol. The first-order chi connectivity index (χ1) is 22.2. The molecule has 10 N–H and O–H groups in total. The molecule has 1 aliphatic rings. The molecule has 1 fully saturated rings. The number of amides is 2. The van der Waals surface area contributed by atoms with Gasteiger partial charge in [0.1, 0.15) is 36.3 Å². The highest BCUT2D eigenvalue weighted by Gasteiger charge is 2.50. The Bertz CT molecular complexity index is 1620.